The summed E-state index contributed by atoms with van der Waals surface area (Å²) in [6.45, 7) is 0. The van der Waals surface area contributed by atoms with Crippen molar-refractivity contribution in [3.63, 3.8) is 0 Å². The Balaban J connectivity index is 1.82. The summed E-state index contributed by atoms with van der Waals surface area (Å²) < 4.78 is 0. The smallest absolute Gasteiger partial charge is 0.101 e. The van der Waals surface area contributed by atoms with Gasteiger partial charge in [0, 0.05) is 5.92 Å². The molecule has 0 bridgehead atoms. The molecule has 2 aliphatic rings. The summed E-state index contributed by atoms with van der Waals surface area (Å²) in [6.07, 6.45) is 10.7. The molecule has 0 nitrogen and oxygen atoms in total. The Kier molecular flexibility index (Phi) is 6.61. The van der Waals surface area contributed by atoms with E-state index >= 15 is 0 Å². The van der Waals surface area contributed by atoms with Crippen molar-refractivity contribution in [3.05, 3.63) is 80.5 Å². The average Bonchev–Trinajstić information content (AvgIpc) is 3.02. The second kappa shape index (κ2) is 10.1. The van der Waals surface area contributed by atoms with E-state index < -0.39 is 0 Å². The first-order valence-electron chi connectivity index (χ1n) is 15.7. The molecule has 0 heterocycles. The fourth-order valence-electron chi connectivity index (χ4n) is 8.15. The Labute approximate surface area is 256 Å². The van der Waals surface area contributed by atoms with Crippen molar-refractivity contribution < 1.29 is 0 Å². The first-order valence-corrected chi connectivity index (χ1v) is 15.7. The van der Waals surface area contributed by atoms with Crippen LogP contribution in [0.2, 0.25) is 0 Å². The topological polar surface area (TPSA) is 0 Å². The van der Waals surface area contributed by atoms with Gasteiger partial charge in [0.2, 0.25) is 0 Å². The zero-order chi connectivity index (χ0) is 29.4. The number of hydrogen-bond acceptors (Lipinski definition) is 0. The lowest BCUT2D eigenvalue weighted by Crippen LogP contribution is -2.50. The van der Waals surface area contributed by atoms with E-state index in [1.807, 2.05) is 0 Å². The maximum atomic E-state index is 2.56. The van der Waals surface area contributed by atoms with Gasteiger partial charge in [-0.3, -0.25) is 0 Å². The van der Waals surface area contributed by atoms with Gasteiger partial charge in [0.1, 0.15) is 62.8 Å². The van der Waals surface area contributed by atoms with E-state index in [1.54, 1.807) is 0 Å². The molecule has 0 aromatic heterocycles. The lowest BCUT2D eigenvalue weighted by Gasteiger charge is -2.31. The van der Waals surface area contributed by atoms with E-state index in [-0.39, 0.29) is 0 Å². The van der Waals surface area contributed by atoms with Gasteiger partial charge in [-0.15, -0.1) is 21.9 Å². The van der Waals surface area contributed by atoms with Gasteiger partial charge in [0.15, 0.2) is 0 Å². The normalized spacial score (nSPS) is 15.9. The van der Waals surface area contributed by atoms with E-state index in [9.17, 15) is 0 Å². The minimum Gasteiger partial charge on any atom is -0.101 e. The largest absolute Gasteiger partial charge is 0.139 e. The van der Waals surface area contributed by atoms with E-state index in [0.717, 1.165) is 19.3 Å². The van der Waals surface area contributed by atoms with Crippen molar-refractivity contribution in [2.24, 2.45) is 0 Å². The van der Waals surface area contributed by atoms with Crippen LogP contribution in [0, 0.1) is 0 Å². The van der Waals surface area contributed by atoms with Crippen LogP contribution in [0.3, 0.4) is 0 Å². The molecule has 5 aromatic rings. The molecule has 8 heteroatoms. The zero-order valence-corrected chi connectivity index (χ0v) is 26.5. The maximum Gasteiger partial charge on any atom is 0.139 e. The Hall–Kier alpha value is -3.38. The summed E-state index contributed by atoms with van der Waals surface area (Å²) in [5, 5.41) is 11.5. The standard InChI is InChI=1S/C34H34B8/c35-27-23-21(18-13-12-15-6-1-2-8-17(15)14-18)24-26(30(38)34(42)32(40)28(24)36)22(25(23)29(37)33(41)31(27)39)20-11-5-9-16-7-3-4-10-19(16)20/h1-4,6-10,12,14,18H,5,11,13,35-42H2. The molecule has 194 valence electrons. The highest BCUT2D eigenvalue weighted by Gasteiger charge is 2.28. The molecular weight excluding hydrogens is 495 g/mol. The van der Waals surface area contributed by atoms with Gasteiger partial charge in [-0.25, -0.2) is 0 Å². The molecule has 2 aliphatic carbocycles. The summed E-state index contributed by atoms with van der Waals surface area (Å²) in [4.78, 5) is 0. The lowest BCUT2D eigenvalue weighted by atomic mass is 9.58. The van der Waals surface area contributed by atoms with Gasteiger partial charge in [0.05, 0.1) is 0 Å². The lowest BCUT2D eigenvalue weighted by molar-refractivity contribution is 0.941. The summed E-state index contributed by atoms with van der Waals surface area (Å²) in [5.41, 5.74) is 16.1. The van der Waals surface area contributed by atoms with Crippen LogP contribution in [-0.4, -0.2) is 62.8 Å². The van der Waals surface area contributed by atoms with Crippen LogP contribution in [0.1, 0.15) is 36.3 Å². The Morgan fingerprint density at radius 1 is 0.500 bits per heavy atom. The van der Waals surface area contributed by atoms with Gasteiger partial charge in [-0.05, 0) is 78.4 Å². The molecule has 0 amide bonds. The minimum atomic E-state index is 0.330. The minimum absolute atomic E-state index is 0.330. The molecule has 0 saturated heterocycles. The first-order chi connectivity index (χ1) is 20.2. The highest BCUT2D eigenvalue weighted by Crippen LogP contribution is 2.39. The maximum absolute atomic E-state index is 2.56. The summed E-state index contributed by atoms with van der Waals surface area (Å²) >= 11 is 0. The summed E-state index contributed by atoms with van der Waals surface area (Å²) in [7, 11) is 18.9. The Morgan fingerprint density at radius 2 is 1.00 bits per heavy atom. The highest BCUT2D eigenvalue weighted by atomic mass is 14.3. The van der Waals surface area contributed by atoms with Crippen LogP contribution >= 0.6 is 0 Å². The number of hydrogen-bond donors (Lipinski definition) is 0. The van der Waals surface area contributed by atoms with Crippen LogP contribution < -0.4 is 64.6 Å². The molecule has 0 saturated carbocycles. The Bertz CT molecular complexity index is 2190. The van der Waals surface area contributed by atoms with Gasteiger partial charge in [-0.1, -0.05) is 88.6 Å². The van der Waals surface area contributed by atoms with Crippen molar-refractivity contribution in [2.45, 2.75) is 25.2 Å². The molecule has 42 heavy (non-hydrogen) atoms. The van der Waals surface area contributed by atoms with Gasteiger partial charge in [-0.2, -0.15) is 0 Å². The number of fused-ring (bicyclic) bond motifs is 4. The van der Waals surface area contributed by atoms with Crippen molar-refractivity contribution in [2.75, 3.05) is 0 Å². The SMILES string of the molecule is Bc1c(B)c(B)c2c(C3C=c4ccccc4=CC3)c3c(B)c(B)c(B)c(B)c3c(C3=c4ccccc4=CCC3)c2c1B. The van der Waals surface area contributed by atoms with E-state index in [1.165, 1.54) is 103 Å². The summed E-state index contributed by atoms with van der Waals surface area (Å²) in [6, 6.07) is 18.0. The van der Waals surface area contributed by atoms with Gasteiger partial charge in [0.25, 0.3) is 0 Å². The molecule has 1 unspecified atom stereocenters. The molecule has 7 rings (SSSR count). The van der Waals surface area contributed by atoms with Crippen LogP contribution in [0.15, 0.2) is 48.5 Å². The van der Waals surface area contributed by atoms with Gasteiger partial charge >= 0.3 is 0 Å². The van der Waals surface area contributed by atoms with Gasteiger partial charge < -0.3 is 0 Å². The van der Waals surface area contributed by atoms with Crippen molar-refractivity contribution >= 4 is 152 Å². The van der Waals surface area contributed by atoms with Crippen molar-refractivity contribution in [1.82, 2.24) is 0 Å². The third-order valence-corrected chi connectivity index (χ3v) is 11.1. The molecular formula is C34H34B8. The second-order valence-corrected chi connectivity index (χ2v) is 12.9. The molecule has 0 spiro atoms. The zero-order valence-electron chi connectivity index (χ0n) is 26.5. The van der Waals surface area contributed by atoms with Crippen LogP contribution in [0.4, 0.5) is 0 Å². The van der Waals surface area contributed by atoms with E-state index in [4.69, 9.17) is 0 Å². The quantitative estimate of drug-likeness (QED) is 0.158. The summed E-state index contributed by atoms with van der Waals surface area (Å²) in [5.74, 6) is 0.330. The molecule has 0 radical (unpaired) electrons. The third-order valence-electron chi connectivity index (χ3n) is 11.1. The molecule has 0 fully saturated rings. The molecule has 0 N–H and O–H groups in total. The Morgan fingerprint density at radius 3 is 1.60 bits per heavy atom. The predicted molar refractivity (Wildman–Crippen MR) is 211 cm³/mol. The van der Waals surface area contributed by atoms with Crippen molar-refractivity contribution in [3.8, 4) is 0 Å². The van der Waals surface area contributed by atoms with Crippen molar-refractivity contribution in [1.29, 1.82) is 0 Å². The van der Waals surface area contributed by atoms with Crippen LogP contribution in [-0.2, 0) is 0 Å². The molecule has 1 atom stereocenters. The second-order valence-electron chi connectivity index (χ2n) is 12.9. The average molecular weight is 529 g/mol. The highest BCUT2D eigenvalue weighted by molar-refractivity contribution is 6.70. The predicted octanol–water partition coefficient (Wildman–Crippen LogP) is -8.42. The fraction of sp³-hybridized carbons (Fsp3) is 0.118. The first kappa shape index (κ1) is 27.5. The monoisotopic (exact) mass is 530 g/mol. The van der Waals surface area contributed by atoms with Crippen LogP contribution in [0.25, 0.3) is 45.3 Å². The number of rotatable bonds is 2. The van der Waals surface area contributed by atoms with E-state index in [0.29, 0.717) is 5.92 Å². The van der Waals surface area contributed by atoms with Crippen LogP contribution in [0.5, 0.6) is 0 Å². The fourth-order valence-corrected chi connectivity index (χ4v) is 8.15. The van der Waals surface area contributed by atoms with E-state index in [2.05, 4.69) is 130 Å². The third kappa shape index (κ3) is 3.87. The number of benzene rings is 5. The molecule has 0 aliphatic heterocycles. The molecule has 5 aromatic carbocycles.